The number of nitrogens with one attached hydrogen (secondary N) is 1. The zero-order chi connectivity index (χ0) is 17.5. The Morgan fingerprint density at radius 1 is 1.20 bits per heavy atom. The average Bonchev–Trinajstić information content (AvgIpc) is 3.20. The van der Waals surface area contributed by atoms with Crippen molar-refractivity contribution in [2.24, 2.45) is 0 Å². The predicted octanol–water partition coefficient (Wildman–Crippen LogP) is 2.06. The molecule has 1 saturated heterocycles. The van der Waals surface area contributed by atoms with Crippen molar-refractivity contribution >= 4 is 22.5 Å². The molecule has 0 unspecified atom stereocenters. The normalized spacial score (nSPS) is 14.3. The van der Waals surface area contributed by atoms with Gasteiger partial charge in [-0.25, -0.2) is 9.78 Å². The third kappa shape index (κ3) is 4.76. The van der Waals surface area contributed by atoms with Crippen LogP contribution in [0.5, 0.6) is 11.5 Å². The van der Waals surface area contributed by atoms with Crippen LogP contribution in [0.3, 0.4) is 0 Å². The molecule has 134 valence electrons. The zero-order valence-electron chi connectivity index (χ0n) is 14.2. The van der Waals surface area contributed by atoms with E-state index in [1.807, 2.05) is 40.7 Å². The van der Waals surface area contributed by atoms with E-state index in [9.17, 15) is 4.79 Å². The lowest BCUT2D eigenvalue weighted by molar-refractivity contribution is 0.191. The molecule has 1 aromatic heterocycles. The number of aromatic nitrogens is 1. The SMILES string of the molecule is COc1ccc(OCCNC(=O)N2CCN(c3nccs3)CC2)cc1. The molecule has 0 spiro atoms. The summed E-state index contributed by atoms with van der Waals surface area (Å²) in [5.74, 6) is 1.55. The average molecular weight is 362 g/mol. The van der Waals surface area contributed by atoms with Crippen molar-refractivity contribution in [2.75, 3.05) is 51.3 Å². The van der Waals surface area contributed by atoms with Gasteiger partial charge in [0.2, 0.25) is 0 Å². The van der Waals surface area contributed by atoms with Crippen LogP contribution in [0.4, 0.5) is 9.93 Å². The van der Waals surface area contributed by atoms with Gasteiger partial charge in [-0.2, -0.15) is 0 Å². The molecule has 2 amide bonds. The Balaban J connectivity index is 1.34. The second kappa shape index (κ2) is 8.57. The monoisotopic (exact) mass is 362 g/mol. The Bertz CT molecular complexity index is 655. The first kappa shape index (κ1) is 17.3. The molecule has 1 aromatic carbocycles. The van der Waals surface area contributed by atoms with E-state index < -0.39 is 0 Å². The van der Waals surface area contributed by atoms with E-state index in [2.05, 4.69) is 15.2 Å². The van der Waals surface area contributed by atoms with E-state index in [0.717, 1.165) is 29.7 Å². The summed E-state index contributed by atoms with van der Waals surface area (Å²) in [4.78, 5) is 20.5. The lowest BCUT2D eigenvalue weighted by Gasteiger charge is -2.34. The first-order chi connectivity index (χ1) is 12.3. The highest BCUT2D eigenvalue weighted by Crippen LogP contribution is 2.19. The molecule has 0 atom stereocenters. The van der Waals surface area contributed by atoms with Crippen LogP contribution in [0.2, 0.25) is 0 Å². The Morgan fingerprint density at radius 2 is 1.92 bits per heavy atom. The van der Waals surface area contributed by atoms with E-state index in [1.165, 1.54) is 0 Å². The first-order valence-electron chi connectivity index (χ1n) is 8.20. The maximum absolute atomic E-state index is 12.2. The van der Waals surface area contributed by atoms with Gasteiger partial charge in [0.1, 0.15) is 18.1 Å². The van der Waals surface area contributed by atoms with Gasteiger partial charge in [-0.05, 0) is 24.3 Å². The molecule has 8 heteroatoms. The fraction of sp³-hybridized carbons (Fsp3) is 0.412. The van der Waals surface area contributed by atoms with Gasteiger partial charge in [-0.3, -0.25) is 0 Å². The van der Waals surface area contributed by atoms with Crippen LogP contribution in [0.25, 0.3) is 0 Å². The minimum Gasteiger partial charge on any atom is -0.497 e. The molecular weight excluding hydrogens is 340 g/mol. The maximum atomic E-state index is 12.2. The Morgan fingerprint density at radius 3 is 2.56 bits per heavy atom. The van der Waals surface area contributed by atoms with E-state index >= 15 is 0 Å². The highest BCUT2D eigenvalue weighted by Gasteiger charge is 2.21. The number of anilines is 1. The quantitative estimate of drug-likeness (QED) is 0.797. The number of nitrogens with zero attached hydrogens (tertiary/aromatic N) is 3. The summed E-state index contributed by atoms with van der Waals surface area (Å²) < 4.78 is 10.7. The van der Waals surface area contributed by atoms with Crippen molar-refractivity contribution in [3.63, 3.8) is 0 Å². The van der Waals surface area contributed by atoms with Gasteiger partial charge in [0, 0.05) is 37.8 Å². The molecule has 0 aliphatic carbocycles. The van der Waals surface area contributed by atoms with Crippen molar-refractivity contribution in [1.82, 2.24) is 15.2 Å². The van der Waals surface area contributed by atoms with Gasteiger partial charge in [0.15, 0.2) is 5.13 Å². The molecule has 1 aliphatic rings. The van der Waals surface area contributed by atoms with E-state index in [-0.39, 0.29) is 6.03 Å². The summed E-state index contributed by atoms with van der Waals surface area (Å²) in [6.45, 7) is 3.91. The number of benzene rings is 1. The Kier molecular flexibility index (Phi) is 5.95. The molecule has 1 N–H and O–H groups in total. The molecular formula is C17H22N4O3S. The van der Waals surface area contributed by atoms with Crippen molar-refractivity contribution in [3.8, 4) is 11.5 Å². The predicted molar refractivity (Wildman–Crippen MR) is 97.8 cm³/mol. The number of hydrogen-bond acceptors (Lipinski definition) is 6. The van der Waals surface area contributed by atoms with Crippen LogP contribution < -0.4 is 19.7 Å². The Hall–Kier alpha value is -2.48. The van der Waals surface area contributed by atoms with Crippen molar-refractivity contribution in [1.29, 1.82) is 0 Å². The van der Waals surface area contributed by atoms with Crippen LogP contribution in [0, 0.1) is 0 Å². The summed E-state index contributed by atoms with van der Waals surface area (Å²) in [5.41, 5.74) is 0. The van der Waals surface area contributed by atoms with Gasteiger partial charge in [0.25, 0.3) is 0 Å². The lowest BCUT2D eigenvalue weighted by Crippen LogP contribution is -2.52. The number of carbonyl (C=O) groups excluding carboxylic acids is 1. The molecule has 2 heterocycles. The molecule has 2 aromatic rings. The molecule has 1 aliphatic heterocycles. The van der Waals surface area contributed by atoms with Gasteiger partial charge < -0.3 is 24.6 Å². The van der Waals surface area contributed by atoms with Crippen LogP contribution in [-0.2, 0) is 0 Å². The van der Waals surface area contributed by atoms with Crippen LogP contribution in [0.15, 0.2) is 35.8 Å². The minimum absolute atomic E-state index is 0.0443. The summed E-state index contributed by atoms with van der Waals surface area (Å²) in [6.07, 6.45) is 1.81. The number of methoxy groups -OCH3 is 1. The summed E-state index contributed by atoms with van der Waals surface area (Å²) in [7, 11) is 1.63. The fourth-order valence-electron chi connectivity index (χ4n) is 2.58. The number of rotatable bonds is 6. The largest absolute Gasteiger partial charge is 0.497 e. The zero-order valence-corrected chi connectivity index (χ0v) is 15.0. The molecule has 25 heavy (non-hydrogen) atoms. The third-order valence-electron chi connectivity index (χ3n) is 3.96. The topological polar surface area (TPSA) is 66.9 Å². The molecule has 0 saturated carbocycles. The van der Waals surface area contributed by atoms with Gasteiger partial charge >= 0.3 is 6.03 Å². The molecule has 0 bridgehead atoms. The number of ether oxygens (including phenoxy) is 2. The standard InChI is InChI=1S/C17H22N4O3S/c1-23-14-2-4-15(5-3-14)24-12-6-18-16(22)20-8-10-21(11-9-20)17-19-7-13-25-17/h2-5,7,13H,6,8-12H2,1H3,(H,18,22). The number of piperazine rings is 1. The van der Waals surface area contributed by atoms with Crippen LogP contribution in [0.1, 0.15) is 0 Å². The van der Waals surface area contributed by atoms with Gasteiger partial charge in [0.05, 0.1) is 13.7 Å². The van der Waals surface area contributed by atoms with Crippen molar-refractivity contribution < 1.29 is 14.3 Å². The van der Waals surface area contributed by atoms with E-state index in [0.29, 0.717) is 26.2 Å². The van der Waals surface area contributed by atoms with Crippen molar-refractivity contribution in [2.45, 2.75) is 0 Å². The number of urea groups is 1. The summed E-state index contributed by atoms with van der Waals surface area (Å²) in [6, 6.07) is 7.33. The second-order valence-electron chi connectivity index (χ2n) is 5.54. The molecule has 3 rings (SSSR count). The molecule has 0 radical (unpaired) electrons. The number of amides is 2. The van der Waals surface area contributed by atoms with Gasteiger partial charge in [-0.15, -0.1) is 11.3 Å². The van der Waals surface area contributed by atoms with E-state index in [1.54, 1.807) is 18.4 Å². The second-order valence-corrected chi connectivity index (χ2v) is 6.42. The molecule has 1 fully saturated rings. The fourth-order valence-corrected chi connectivity index (χ4v) is 3.28. The van der Waals surface area contributed by atoms with Gasteiger partial charge in [-0.1, -0.05) is 0 Å². The summed E-state index contributed by atoms with van der Waals surface area (Å²) >= 11 is 1.63. The van der Waals surface area contributed by atoms with E-state index in [4.69, 9.17) is 9.47 Å². The van der Waals surface area contributed by atoms with Crippen LogP contribution >= 0.6 is 11.3 Å². The highest BCUT2D eigenvalue weighted by atomic mass is 32.1. The summed E-state index contributed by atoms with van der Waals surface area (Å²) in [5, 5.41) is 5.89. The number of thiazole rings is 1. The minimum atomic E-state index is -0.0443. The lowest BCUT2D eigenvalue weighted by atomic mass is 10.3. The molecule has 7 nitrogen and oxygen atoms in total. The third-order valence-corrected chi connectivity index (χ3v) is 4.80. The number of hydrogen-bond donors (Lipinski definition) is 1. The van der Waals surface area contributed by atoms with Crippen LogP contribution in [-0.4, -0.2) is 62.4 Å². The van der Waals surface area contributed by atoms with Crippen molar-refractivity contribution in [3.05, 3.63) is 35.8 Å². The number of carbonyl (C=O) groups is 1. The highest BCUT2D eigenvalue weighted by molar-refractivity contribution is 7.13. The maximum Gasteiger partial charge on any atom is 0.317 e. The smallest absolute Gasteiger partial charge is 0.317 e. The first-order valence-corrected chi connectivity index (χ1v) is 9.08. The Labute approximate surface area is 151 Å².